The van der Waals surface area contributed by atoms with Crippen molar-refractivity contribution in [2.45, 2.75) is 26.4 Å². The molecule has 2 rings (SSSR count). The number of fused-ring (bicyclic) bond motifs is 1. The molecule has 0 saturated heterocycles. The number of carbonyl (C=O) groups is 1. The van der Waals surface area contributed by atoms with E-state index >= 15 is 0 Å². The summed E-state index contributed by atoms with van der Waals surface area (Å²) in [7, 11) is 0. The van der Waals surface area contributed by atoms with E-state index in [1.54, 1.807) is 0 Å². The maximum Gasteiger partial charge on any atom is 0.217 e. The first-order valence-electron chi connectivity index (χ1n) is 5.79. The van der Waals surface area contributed by atoms with Gasteiger partial charge in [0.15, 0.2) is 0 Å². The van der Waals surface area contributed by atoms with E-state index < -0.39 is 0 Å². The normalized spacial score (nSPS) is 12.1. The van der Waals surface area contributed by atoms with Crippen LogP contribution < -0.4 is 5.32 Å². The predicted octanol–water partition coefficient (Wildman–Crippen LogP) is 1.87. The topological polar surface area (TPSA) is 46.9 Å². The third kappa shape index (κ3) is 2.21. The van der Waals surface area contributed by atoms with Gasteiger partial charge in [-0.3, -0.25) is 4.79 Å². The third-order valence-corrected chi connectivity index (χ3v) is 2.74. The van der Waals surface area contributed by atoms with Crippen LogP contribution in [0.5, 0.6) is 0 Å². The minimum absolute atomic E-state index is 0.0817. The minimum Gasteiger partial charge on any atom is -0.347 e. The molecule has 0 saturated carbocycles. The fourth-order valence-electron chi connectivity index (χ4n) is 2.05. The van der Waals surface area contributed by atoms with E-state index in [0.717, 1.165) is 16.9 Å². The number of benzene rings is 1. The van der Waals surface area contributed by atoms with Crippen LogP contribution in [0, 0.1) is 12.3 Å². The number of carbonyl (C=O) groups excluding carboxylic acids is 1. The fourth-order valence-corrected chi connectivity index (χ4v) is 2.05. The highest BCUT2D eigenvalue weighted by Gasteiger charge is 2.16. The van der Waals surface area contributed by atoms with Crippen molar-refractivity contribution in [1.82, 2.24) is 14.9 Å². The van der Waals surface area contributed by atoms with Crippen molar-refractivity contribution in [1.29, 1.82) is 0 Å². The minimum atomic E-state index is -0.164. The van der Waals surface area contributed by atoms with Crippen LogP contribution in [0.3, 0.4) is 0 Å². The van der Waals surface area contributed by atoms with Gasteiger partial charge < -0.3 is 9.88 Å². The van der Waals surface area contributed by atoms with Gasteiger partial charge in [0.1, 0.15) is 5.82 Å². The number of terminal acetylenes is 1. The molecule has 1 heterocycles. The molecule has 1 aromatic carbocycles. The third-order valence-electron chi connectivity index (χ3n) is 2.74. The first-order chi connectivity index (χ1) is 8.63. The van der Waals surface area contributed by atoms with Gasteiger partial charge in [-0.15, -0.1) is 6.42 Å². The van der Waals surface area contributed by atoms with Gasteiger partial charge in [0.25, 0.3) is 0 Å². The number of hydrogen-bond donors (Lipinski definition) is 1. The number of rotatable bonds is 3. The predicted molar refractivity (Wildman–Crippen MR) is 70.8 cm³/mol. The summed E-state index contributed by atoms with van der Waals surface area (Å²) < 4.78 is 1.95. The molecule has 0 fully saturated rings. The summed E-state index contributed by atoms with van der Waals surface area (Å²) in [6.45, 7) is 3.83. The van der Waals surface area contributed by atoms with Crippen molar-refractivity contribution >= 4 is 16.9 Å². The van der Waals surface area contributed by atoms with Crippen LogP contribution in [-0.2, 0) is 11.3 Å². The van der Waals surface area contributed by atoms with Crippen LogP contribution in [0.4, 0.5) is 0 Å². The molecule has 0 spiro atoms. The SMILES string of the molecule is C#CCn1c([C@@H](C)NC(C)=O)nc2ccccc21. The number of nitrogens with one attached hydrogen (secondary N) is 1. The molecule has 2 aromatic rings. The van der Waals surface area contributed by atoms with Gasteiger partial charge in [0.2, 0.25) is 5.91 Å². The van der Waals surface area contributed by atoms with Crippen molar-refractivity contribution < 1.29 is 4.79 Å². The molecule has 0 radical (unpaired) electrons. The standard InChI is InChI=1S/C14H15N3O/c1-4-9-17-13-8-6-5-7-12(13)16-14(17)10(2)15-11(3)18/h1,5-8,10H,9H2,2-3H3,(H,15,18)/t10-/m1/s1. The Morgan fingerprint density at radius 3 is 2.94 bits per heavy atom. The molecule has 0 aliphatic carbocycles. The first-order valence-corrected chi connectivity index (χ1v) is 5.79. The average Bonchev–Trinajstić information content (AvgIpc) is 2.68. The summed E-state index contributed by atoms with van der Waals surface area (Å²) in [5, 5.41) is 2.83. The van der Waals surface area contributed by atoms with Gasteiger partial charge in [-0.05, 0) is 19.1 Å². The zero-order chi connectivity index (χ0) is 13.1. The molecule has 0 aliphatic heterocycles. The van der Waals surface area contributed by atoms with Crippen LogP contribution in [0.2, 0.25) is 0 Å². The number of imidazole rings is 1. The lowest BCUT2D eigenvalue weighted by atomic mass is 10.3. The molecule has 1 amide bonds. The molecule has 92 valence electrons. The number of para-hydroxylation sites is 2. The Hall–Kier alpha value is -2.28. The smallest absolute Gasteiger partial charge is 0.217 e. The Kier molecular flexibility index (Phi) is 3.33. The van der Waals surface area contributed by atoms with Gasteiger partial charge in [0.05, 0.1) is 23.6 Å². The Morgan fingerprint density at radius 2 is 2.28 bits per heavy atom. The maximum atomic E-state index is 11.1. The number of aromatic nitrogens is 2. The highest BCUT2D eigenvalue weighted by Crippen LogP contribution is 2.20. The largest absolute Gasteiger partial charge is 0.347 e. The van der Waals surface area contributed by atoms with Crippen LogP contribution in [0.25, 0.3) is 11.0 Å². The van der Waals surface area contributed by atoms with E-state index in [2.05, 4.69) is 16.2 Å². The van der Waals surface area contributed by atoms with Crippen LogP contribution >= 0.6 is 0 Å². The fraction of sp³-hybridized carbons (Fsp3) is 0.286. The van der Waals surface area contributed by atoms with Gasteiger partial charge in [-0.1, -0.05) is 18.1 Å². The van der Waals surface area contributed by atoms with Gasteiger partial charge in [-0.2, -0.15) is 0 Å². The summed E-state index contributed by atoms with van der Waals surface area (Å²) in [6.07, 6.45) is 5.40. The Balaban J connectivity index is 2.52. The molecule has 4 heteroatoms. The summed E-state index contributed by atoms with van der Waals surface area (Å²) >= 11 is 0. The second-order valence-corrected chi connectivity index (χ2v) is 4.17. The van der Waals surface area contributed by atoms with E-state index in [-0.39, 0.29) is 11.9 Å². The molecule has 0 unspecified atom stereocenters. The Labute approximate surface area is 106 Å². The molecule has 1 atom stereocenters. The van der Waals surface area contributed by atoms with Gasteiger partial charge in [0, 0.05) is 6.92 Å². The highest BCUT2D eigenvalue weighted by atomic mass is 16.1. The Bertz CT molecular complexity index is 621. The second-order valence-electron chi connectivity index (χ2n) is 4.17. The van der Waals surface area contributed by atoms with Crippen molar-refractivity contribution in [2.75, 3.05) is 0 Å². The Morgan fingerprint density at radius 1 is 1.56 bits per heavy atom. The van der Waals surface area contributed by atoms with Crippen LogP contribution in [-0.4, -0.2) is 15.5 Å². The van der Waals surface area contributed by atoms with Crippen molar-refractivity contribution in [2.24, 2.45) is 0 Å². The van der Waals surface area contributed by atoms with E-state index in [9.17, 15) is 4.79 Å². The van der Waals surface area contributed by atoms with E-state index in [1.165, 1.54) is 6.92 Å². The van der Waals surface area contributed by atoms with E-state index in [4.69, 9.17) is 6.42 Å². The van der Waals surface area contributed by atoms with Crippen LogP contribution in [0.1, 0.15) is 25.7 Å². The van der Waals surface area contributed by atoms with Crippen molar-refractivity contribution in [3.8, 4) is 12.3 Å². The lowest BCUT2D eigenvalue weighted by Crippen LogP contribution is -2.26. The van der Waals surface area contributed by atoms with E-state index in [1.807, 2.05) is 35.8 Å². The van der Waals surface area contributed by atoms with Crippen molar-refractivity contribution in [3.63, 3.8) is 0 Å². The molecule has 4 nitrogen and oxygen atoms in total. The lowest BCUT2D eigenvalue weighted by Gasteiger charge is -2.13. The number of amides is 1. The molecule has 0 aliphatic rings. The van der Waals surface area contributed by atoms with Crippen molar-refractivity contribution in [3.05, 3.63) is 30.1 Å². The summed E-state index contributed by atoms with van der Waals surface area (Å²) in [5.41, 5.74) is 1.88. The summed E-state index contributed by atoms with van der Waals surface area (Å²) in [6, 6.07) is 7.63. The zero-order valence-electron chi connectivity index (χ0n) is 10.5. The monoisotopic (exact) mass is 241 g/mol. The molecular weight excluding hydrogens is 226 g/mol. The first kappa shape index (κ1) is 12.2. The number of nitrogens with zero attached hydrogens (tertiary/aromatic N) is 2. The zero-order valence-corrected chi connectivity index (χ0v) is 10.5. The molecule has 0 bridgehead atoms. The molecule has 18 heavy (non-hydrogen) atoms. The van der Waals surface area contributed by atoms with Gasteiger partial charge in [-0.25, -0.2) is 4.98 Å². The lowest BCUT2D eigenvalue weighted by molar-refractivity contribution is -0.119. The highest BCUT2D eigenvalue weighted by molar-refractivity contribution is 5.77. The quantitative estimate of drug-likeness (QED) is 0.834. The molecule has 1 aromatic heterocycles. The maximum absolute atomic E-state index is 11.1. The summed E-state index contributed by atoms with van der Waals surface area (Å²) in [4.78, 5) is 15.7. The average molecular weight is 241 g/mol. The molecular formula is C14H15N3O. The second kappa shape index (κ2) is 4.92. The summed E-state index contributed by atoms with van der Waals surface area (Å²) in [5.74, 6) is 3.32. The van der Waals surface area contributed by atoms with Crippen LogP contribution in [0.15, 0.2) is 24.3 Å². The van der Waals surface area contributed by atoms with Gasteiger partial charge >= 0.3 is 0 Å². The van der Waals surface area contributed by atoms with E-state index in [0.29, 0.717) is 6.54 Å². The molecule has 1 N–H and O–H groups in total. The number of hydrogen-bond acceptors (Lipinski definition) is 2.